The molecule has 2 aromatic rings. The molecule has 0 aliphatic carbocycles. The zero-order valence-electron chi connectivity index (χ0n) is 12.8. The number of aromatic carboxylic acids is 1. The van der Waals surface area contributed by atoms with E-state index in [2.05, 4.69) is 26.5 Å². The third-order valence-corrected chi connectivity index (χ3v) is 4.12. The van der Waals surface area contributed by atoms with Crippen molar-refractivity contribution in [1.29, 1.82) is 0 Å². The summed E-state index contributed by atoms with van der Waals surface area (Å²) in [6.45, 7) is 0. The number of carboxylic acids is 1. The van der Waals surface area contributed by atoms with Crippen molar-refractivity contribution < 1.29 is 19.4 Å². The highest BCUT2D eigenvalue weighted by atomic mass is 79.9. The van der Waals surface area contributed by atoms with E-state index >= 15 is 0 Å². The highest BCUT2D eigenvalue weighted by Gasteiger charge is 2.09. The number of methoxy groups -OCH3 is 2. The number of hydrazone groups is 1. The Kier molecular flexibility index (Phi) is 6.05. The van der Waals surface area contributed by atoms with E-state index in [-0.39, 0.29) is 5.56 Å². The average Bonchev–Trinajstić information content (AvgIpc) is 2.57. The lowest BCUT2D eigenvalue weighted by Crippen LogP contribution is -1.99. The molecule has 0 aliphatic heterocycles. The minimum Gasteiger partial charge on any atom is -0.493 e. The molecule has 0 fully saturated rings. The van der Waals surface area contributed by atoms with Gasteiger partial charge in [0.1, 0.15) is 0 Å². The predicted molar refractivity (Wildman–Crippen MR) is 96.9 cm³/mol. The van der Waals surface area contributed by atoms with Gasteiger partial charge in [0.25, 0.3) is 0 Å². The molecule has 0 amide bonds. The Labute approximate surface area is 152 Å². The molecule has 2 aromatic carbocycles. The number of carbonyl (C=O) groups is 1. The lowest BCUT2D eigenvalue weighted by Gasteiger charge is -2.09. The van der Waals surface area contributed by atoms with Crippen molar-refractivity contribution in [3.8, 4) is 11.5 Å². The molecule has 0 heterocycles. The van der Waals surface area contributed by atoms with Crippen LogP contribution in [0.15, 0.2) is 39.9 Å². The summed E-state index contributed by atoms with van der Waals surface area (Å²) in [6.07, 6.45) is 1.55. The van der Waals surface area contributed by atoms with Gasteiger partial charge in [0.05, 0.1) is 36.7 Å². The van der Waals surface area contributed by atoms with Crippen molar-refractivity contribution in [3.05, 3.63) is 51.0 Å². The molecule has 0 aromatic heterocycles. The molecule has 2 N–H and O–H groups in total. The van der Waals surface area contributed by atoms with Gasteiger partial charge in [0.2, 0.25) is 0 Å². The third-order valence-electron chi connectivity index (χ3n) is 3.10. The normalized spacial score (nSPS) is 10.7. The number of carboxylic acid groups (broad SMARTS) is 1. The maximum absolute atomic E-state index is 11.0. The van der Waals surface area contributed by atoms with E-state index in [4.69, 9.17) is 26.2 Å². The summed E-state index contributed by atoms with van der Waals surface area (Å²) in [5.74, 6) is 0.112. The van der Waals surface area contributed by atoms with E-state index in [9.17, 15) is 4.79 Å². The fourth-order valence-electron chi connectivity index (χ4n) is 1.88. The summed E-state index contributed by atoms with van der Waals surface area (Å²) >= 11 is 9.45. The zero-order chi connectivity index (χ0) is 17.7. The molecule has 24 heavy (non-hydrogen) atoms. The van der Waals surface area contributed by atoms with Gasteiger partial charge < -0.3 is 14.6 Å². The van der Waals surface area contributed by atoms with Crippen LogP contribution in [0.5, 0.6) is 11.5 Å². The zero-order valence-corrected chi connectivity index (χ0v) is 15.2. The molecular weight excluding hydrogens is 400 g/mol. The van der Waals surface area contributed by atoms with Crippen LogP contribution in [0.2, 0.25) is 5.02 Å². The Hall–Kier alpha value is -2.25. The monoisotopic (exact) mass is 412 g/mol. The van der Waals surface area contributed by atoms with Crippen molar-refractivity contribution in [1.82, 2.24) is 0 Å². The number of ether oxygens (including phenoxy) is 2. The summed E-state index contributed by atoms with van der Waals surface area (Å²) in [6, 6.07) is 7.84. The minimum absolute atomic E-state index is 0.115. The molecule has 0 radical (unpaired) electrons. The van der Waals surface area contributed by atoms with E-state index in [0.29, 0.717) is 22.2 Å². The lowest BCUT2D eigenvalue weighted by atomic mass is 10.2. The first-order valence-electron chi connectivity index (χ1n) is 6.69. The first-order valence-corrected chi connectivity index (χ1v) is 7.86. The maximum atomic E-state index is 11.0. The molecule has 0 atom stereocenters. The smallest absolute Gasteiger partial charge is 0.335 e. The van der Waals surface area contributed by atoms with Gasteiger partial charge >= 0.3 is 5.97 Å². The number of benzene rings is 2. The van der Waals surface area contributed by atoms with E-state index in [1.807, 2.05) is 0 Å². The fraction of sp³-hybridized carbons (Fsp3) is 0.125. The van der Waals surface area contributed by atoms with Crippen LogP contribution in [-0.4, -0.2) is 31.5 Å². The first kappa shape index (κ1) is 18.1. The summed E-state index contributed by atoms with van der Waals surface area (Å²) in [4.78, 5) is 11.0. The largest absolute Gasteiger partial charge is 0.493 e. The van der Waals surface area contributed by atoms with Gasteiger partial charge in [-0.2, -0.15) is 5.10 Å². The van der Waals surface area contributed by atoms with E-state index in [1.54, 1.807) is 32.6 Å². The van der Waals surface area contributed by atoms with Crippen LogP contribution in [-0.2, 0) is 0 Å². The van der Waals surface area contributed by atoms with Crippen LogP contribution in [0.3, 0.4) is 0 Å². The van der Waals surface area contributed by atoms with Crippen molar-refractivity contribution >= 4 is 45.4 Å². The first-order chi connectivity index (χ1) is 11.5. The molecule has 2 rings (SSSR count). The molecule has 8 heteroatoms. The molecule has 0 spiro atoms. The van der Waals surface area contributed by atoms with Crippen LogP contribution in [0, 0.1) is 0 Å². The Morgan fingerprint density at radius 2 is 1.92 bits per heavy atom. The van der Waals surface area contributed by atoms with Crippen LogP contribution in [0.4, 0.5) is 5.69 Å². The van der Waals surface area contributed by atoms with Crippen LogP contribution in [0.1, 0.15) is 15.9 Å². The summed E-state index contributed by atoms with van der Waals surface area (Å²) in [5, 5.41) is 13.5. The number of hydrogen-bond donors (Lipinski definition) is 2. The van der Waals surface area contributed by atoms with Crippen molar-refractivity contribution in [2.75, 3.05) is 19.6 Å². The molecular formula is C16H14BrClN2O4. The standard InChI is InChI=1S/C16H14BrClN2O4/c1-23-14-6-10(11(17)7-15(14)24-2)8-19-20-13-5-9(16(21)22)3-4-12(13)18/h3-8,20H,1-2H3,(H,21,22)/b19-8-. The quantitative estimate of drug-likeness (QED) is 0.546. The number of nitrogens with zero attached hydrogens (tertiary/aromatic N) is 1. The molecule has 6 nitrogen and oxygen atoms in total. The van der Waals surface area contributed by atoms with Gasteiger partial charge in [-0.25, -0.2) is 4.79 Å². The Morgan fingerprint density at radius 3 is 2.54 bits per heavy atom. The highest BCUT2D eigenvalue weighted by molar-refractivity contribution is 9.10. The molecule has 0 unspecified atom stereocenters. The van der Waals surface area contributed by atoms with E-state index < -0.39 is 5.97 Å². The van der Waals surface area contributed by atoms with Gasteiger partial charge in [-0.3, -0.25) is 5.43 Å². The number of rotatable bonds is 6. The SMILES string of the molecule is COc1cc(Br)c(/C=N\Nc2cc(C(=O)O)ccc2Cl)cc1OC. The van der Waals surface area contributed by atoms with E-state index in [1.165, 1.54) is 18.2 Å². The molecule has 0 saturated carbocycles. The number of halogens is 2. The second-order valence-electron chi connectivity index (χ2n) is 4.60. The summed E-state index contributed by atoms with van der Waals surface area (Å²) < 4.78 is 11.2. The van der Waals surface area contributed by atoms with Crippen molar-refractivity contribution in [2.24, 2.45) is 5.10 Å². The van der Waals surface area contributed by atoms with Crippen LogP contribution < -0.4 is 14.9 Å². The van der Waals surface area contributed by atoms with Crippen molar-refractivity contribution in [2.45, 2.75) is 0 Å². The molecule has 126 valence electrons. The number of hydrogen-bond acceptors (Lipinski definition) is 5. The Bertz CT molecular complexity index is 796. The maximum Gasteiger partial charge on any atom is 0.335 e. The van der Waals surface area contributed by atoms with Gasteiger partial charge in [-0.05, 0) is 46.3 Å². The Morgan fingerprint density at radius 1 is 1.25 bits per heavy atom. The average molecular weight is 414 g/mol. The highest BCUT2D eigenvalue weighted by Crippen LogP contribution is 2.32. The van der Waals surface area contributed by atoms with Gasteiger partial charge in [0, 0.05) is 10.0 Å². The topological polar surface area (TPSA) is 80.2 Å². The van der Waals surface area contributed by atoms with Crippen LogP contribution in [0.25, 0.3) is 0 Å². The number of anilines is 1. The van der Waals surface area contributed by atoms with E-state index in [0.717, 1.165) is 10.0 Å². The molecule has 0 saturated heterocycles. The number of nitrogens with one attached hydrogen (secondary N) is 1. The van der Waals surface area contributed by atoms with Crippen molar-refractivity contribution in [3.63, 3.8) is 0 Å². The fourth-order valence-corrected chi connectivity index (χ4v) is 2.47. The van der Waals surface area contributed by atoms with Gasteiger partial charge in [-0.1, -0.05) is 11.6 Å². The molecule has 0 aliphatic rings. The predicted octanol–water partition coefficient (Wildman–Crippen LogP) is 4.26. The van der Waals surface area contributed by atoms with Gasteiger partial charge in [-0.15, -0.1) is 0 Å². The van der Waals surface area contributed by atoms with Gasteiger partial charge in [0.15, 0.2) is 11.5 Å². The lowest BCUT2D eigenvalue weighted by molar-refractivity contribution is 0.0697. The summed E-state index contributed by atoms with van der Waals surface area (Å²) in [5.41, 5.74) is 3.98. The molecule has 0 bridgehead atoms. The second-order valence-corrected chi connectivity index (χ2v) is 5.86. The Balaban J connectivity index is 2.23. The summed E-state index contributed by atoms with van der Waals surface area (Å²) in [7, 11) is 3.10. The van der Waals surface area contributed by atoms with Crippen LogP contribution >= 0.6 is 27.5 Å². The minimum atomic E-state index is -1.04. The third kappa shape index (κ3) is 4.18. The second kappa shape index (κ2) is 8.03.